The number of anilines is 1. The van der Waals surface area contributed by atoms with Gasteiger partial charge in [0.2, 0.25) is 11.8 Å². The van der Waals surface area contributed by atoms with Crippen LogP contribution >= 0.6 is 0 Å². The van der Waals surface area contributed by atoms with Crippen molar-refractivity contribution in [1.29, 1.82) is 0 Å². The number of hydrogen-bond acceptors (Lipinski definition) is 4. The standard InChI is InChI=1S/C18H22F2N2O4/c1-17(2,15(23)21-14-4-3-12(19)11-13(14)20)16(24)22-7-5-18(6-8-22)25-9-10-26-18/h3-4,11H,5-10H2,1-2H3,(H,21,23). The molecule has 1 aromatic rings. The van der Waals surface area contributed by atoms with Crippen LogP contribution in [0.5, 0.6) is 0 Å². The van der Waals surface area contributed by atoms with Crippen molar-refractivity contribution in [1.82, 2.24) is 4.90 Å². The number of nitrogens with zero attached hydrogens (tertiary/aromatic N) is 1. The number of nitrogens with one attached hydrogen (secondary N) is 1. The molecule has 2 aliphatic rings. The molecule has 0 bridgehead atoms. The van der Waals surface area contributed by atoms with Gasteiger partial charge in [-0.25, -0.2) is 8.78 Å². The Bertz CT molecular complexity index is 707. The fourth-order valence-electron chi connectivity index (χ4n) is 3.20. The Morgan fingerprint density at radius 2 is 1.77 bits per heavy atom. The monoisotopic (exact) mass is 368 g/mol. The van der Waals surface area contributed by atoms with Crippen LogP contribution in [0.3, 0.4) is 0 Å². The molecule has 26 heavy (non-hydrogen) atoms. The smallest absolute Gasteiger partial charge is 0.239 e. The first-order valence-electron chi connectivity index (χ1n) is 8.57. The Morgan fingerprint density at radius 1 is 1.15 bits per heavy atom. The molecule has 0 unspecified atom stereocenters. The number of benzene rings is 1. The van der Waals surface area contributed by atoms with Crippen LogP contribution in [-0.2, 0) is 19.1 Å². The highest BCUT2D eigenvalue weighted by atomic mass is 19.1. The van der Waals surface area contributed by atoms with Gasteiger partial charge in [0.15, 0.2) is 5.79 Å². The zero-order valence-electron chi connectivity index (χ0n) is 14.8. The third-order valence-electron chi connectivity index (χ3n) is 4.91. The molecule has 3 rings (SSSR count). The molecule has 0 radical (unpaired) electrons. The van der Waals surface area contributed by atoms with Gasteiger partial charge in [0.25, 0.3) is 0 Å². The van der Waals surface area contributed by atoms with Crippen LogP contribution in [-0.4, -0.2) is 48.8 Å². The van der Waals surface area contributed by atoms with E-state index in [1.807, 2.05) is 0 Å². The number of halogens is 2. The van der Waals surface area contributed by atoms with Gasteiger partial charge >= 0.3 is 0 Å². The Morgan fingerprint density at radius 3 is 2.35 bits per heavy atom. The molecular weight excluding hydrogens is 346 g/mol. The van der Waals surface area contributed by atoms with Crippen LogP contribution in [0.25, 0.3) is 0 Å². The largest absolute Gasteiger partial charge is 0.347 e. The SMILES string of the molecule is CC(C)(C(=O)Nc1ccc(F)cc1F)C(=O)N1CCC2(CC1)OCCO2. The van der Waals surface area contributed by atoms with Gasteiger partial charge in [0.1, 0.15) is 17.0 Å². The fraction of sp³-hybridized carbons (Fsp3) is 0.556. The third kappa shape index (κ3) is 3.57. The fourth-order valence-corrected chi connectivity index (χ4v) is 3.20. The molecule has 2 aliphatic heterocycles. The summed E-state index contributed by atoms with van der Waals surface area (Å²) in [6.07, 6.45) is 1.09. The van der Waals surface area contributed by atoms with Crippen LogP contribution < -0.4 is 5.32 Å². The Labute approximate surface area is 150 Å². The summed E-state index contributed by atoms with van der Waals surface area (Å²) in [6.45, 7) is 4.90. The second-order valence-electron chi connectivity index (χ2n) is 7.10. The zero-order valence-corrected chi connectivity index (χ0v) is 14.8. The van der Waals surface area contributed by atoms with Crippen LogP contribution in [0.4, 0.5) is 14.5 Å². The Balaban J connectivity index is 1.64. The zero-order chi connectivity index (χ0) is 18.9. The summed E-state index contributed by atoms with van der Waals surface area (Å²) >= 11 is 0. The molecule has 0 aromatic heterocycles. The minimum absolute atomic E-state index is 0.164. The van der Waals surface area contributed by atoms with Crippen molar-refractivity contribution in [2.75, 3.05) is 31.6 Å². The van der Waals surface area contributed by atoms with Crippen molar-refractivity contribution >= 4 is 17.5 Å². The molecule has 2 saturated heterocycles. The van der Waals surface area contributed by atoms with Gasteiger partial charge < -0.3 is 19.7 Å². The molecule has 142 valence electrons. The van der Waals surface area contributed by atoms with Gasteiger partial charge in [-0.05, 0) is 26.0 Å². The summed E-state index contributed by atoms with van der Waals surface area (Å²) < 4.78 is 38.0. The molecule has 1 aromatic carbocycles. The number of likely N-dealkylation sites (tertiary alicyclic amines) is 1. The molecule has 0 saturated carbocycles. The van der Waals surface area contributed by atoms with Gasteiger partial charge in [-0.2, -0.15) is 0 Å². The highest BCUT2D eigenvalue weighted by molar-refractivity contribution is 6.09. The lowest BCUT2D eigenvalue weighted by atomic mass is 9.88. The van der Waals surface area contributed by atoms with Crippen LogP contribution in [0.15, 0.2) is 18.2 Å². The normalized spacial score (nSPS) is 19.6. The molecule has 0 atom stereocenters. The van der Waals surface area contributed by atoms with E-state index in [4.69, 9.17) is 9.47 Å². The number of amides is 2. The molecule has 1 N–H and O–H groups in total. The lowest BCUT2D eigenvalue weighted by molar-refractivity contribution is -0.189. The minimum Gasteiger partial charge on any atom is -0.347 e. The summed E-state index contributed by atoms with van der Waals surface area (Å²) in [5, 5.41) is 2.37. The second-order valence-corrected chi connectivity index (χ2v) is 7.10. The quantitative estimate of drug-likeness (QED) is 0.832. The number of rotatable bonds is 3. The van der Waals surface area contributed by atoms with Crippen molar-refractivity contribution in [3.63, 3.8) is 0 Å². The van der Waals surface area contributed by atoms with Crippen LogP contribution in [0.1, 0.15) is 26.7 Å². The average molecular weight is 368 g/mol. The maximum Gasteiger partial charge on any atom is 0.239 e. The molecule has 8 heteroatoms. The lowest BCUT2D eigenvalue weighted by Crippen LogP contribution is -2.53. The van der Waals surface area contributed by atoms with Crippen molar-refractivity contribution in [3.05, 3.63) is 29.8 Å². The summed E-state index contributed by atoms with van der Waals surface area (Å²) in [6, 6.07) is 2.85. The van der Waals surface area contributed by atoms with E-state index in [9.17, 15) is 18.4 Å². The van der Waals surface area contributed by atoms with Crippen LogP contribution in [0, 0.1) is 17.0 Å². The number of carbonyl (C=O) groups excluding carboxylic acids is 2. The molecule has 1 spiro atoms. The highest BCUT2D eigenvalue weighted by Crippen LogP contribution is 2.33. The number of carbonyl (C=O) groups is 2. The summed E-state index contributed by atoms with van der Waals surface area (Å²) in [4.78, 5) is 27.0. The summed E-state index contributed by atoms with van der Waals surface area (Å²) in [7, 11) is 0. The van der Waals surface area contributed by atoms with E-state index in [1.54, 1.807) is 4.90 Å². The molecule has 0 aliphatic carbocycles. The van der Waals surface area contributed by atoms with E-state index < -0.39 is 28.7 Å². The van der Waals surface area contributed by atoms with Crippen molar-refractivity contribution in [2.45, 2.75) is 32.5 Å². The number of ether oxygens (including phenoxy) is 2. The third-order valence-corrected chi connectivity index (χ3v) is 4.91. The van der Waals surface area contributed by atoms with E-state index >= 15 is 0 Å². The summed E-state index contributed by atoms with van der Waals surface area (Å²) in [5.74, 6) is -3.25. The second kappa shape index (κ2) is 6.92. The number of hydrogen-bond donors (Lipinski definition) is 1. The Hall–Kier alpha value is -2.06. The van der Waals surface area contributed by atoms with Gasteiger partial charge in [0.05, 0.1) is 18.9 Å². The average Bonchev–Trinajstić information content (AvgIpc) is 3.05. The van der Waals surface area contributed by atoms with E-state index in [-0.39, 0.29) is 11.6 Å². The predicted octanol–water partition coefficient (Wildman–Crippen LogP) is 2.29. The van der Waals surface area contributed by atoms with E-state index in [1.165, 1.54) is 13.8 Å². The van der Waals surface area contributed by atoms with Gasteiger partial charge in [-0.15, -0.1) is 0 Å². The first kappa shape index (κ1) is 18.7. The van der Waals surface area contributed by atoms with Gasteiger partial charge in [-0.1, -0.05) is 0 Å². The topological polar surface area (TPSA) is 67.9 Å². The van der Waals surface area contributed by atoms with E-state index in [0.29, 0.717) is 45.2 Å². The van der Waals surface area contributed by atoms with Crippen molar-refractivity contribution in [3.8, 4) is 0 Å². The first-order chi connectivity index (χ1) is 12.2. The molecule has 2 heterocycles. The number of piperidine rings is 1. The highest BCUT2D eigenvalue weighted by Gasteiger charge is 2.45. The maximum absolute atomic E-state index is 13.7. The molecule has 2 amide bonds. The lowest BCUT2D eigenvalue weighted by Gasteiger charge is -2.40. The van der Waals surface area contributed by atoms with Gasteiger partial charge in [0, 0.05) is 32.0 Å². The Kier molecular flexibility index (Phi) is 4.98. The summed E-state index contributed by atoms with van der Waals surface area (Å²) in [5.41, 5.74) is -1.56. The van der Waals surface area contributed by atoms with Crippen molar-refractivity contribution < 1.29 is 27.8 Å². The van der Waals surface area contributed by atoms with Crippen LogP contribution in [0.2, 0.25) is 0 Å². The van der Waals surface area contributed by atoms with Crippen molar-refractivity contribution in [2.24, 2.45) is 5.41 Å². The molecule has 6 nitrogen and oxygen atoms in total. The first-order valence-corrected chi connectivity index (χ1v) is 8.57. The maximum atomic E-state index is 13.7. The van der Waals surface area contributed by atoms with E-state index in [0.717, 1.165) is 12.1 Å². The van der Waals surface area contributed by atoms with E-state index in [2.05, 4.69) is 5.32 Å². The van der Waals surface area contributed by atoms with Gasteiger partial charge in [-0.3, -0.25) is 9.59 Å². The predicted molar refractivity (Wildman–Crippen MR) is 89.2 cm³/mol. The molecular formula is C18H22F2N2O4. The minimum atomic E-state index is -1.40. The molecule has 2 fully saturated rings.